The molecule has 0 saturated heterocycles. The molecule has 11 heteroatoms. The number of amides is 2. The minimum absolute atomic E-state index is 0.0363. The highest BCUT2D eigenvalue weighted by Gasteiger charge is 2.33. The molecule has 48 heavy (non-hydrogen) atoms. The second kappa shape index (κ2) is 16.8. The molecule has 2 aliphatic rings. The van der Waals surface area contributed by atoms with Gasteiger partial charge in [0.2, 0.25) is 11.8 Å². The Morgan fingerprint density at radius 3 is 1.46 bits per heavy atom. The minimum atomic E-state index is -0.361. The largest absolute Gasteiger partial charge is 0.507 e. The van der Waals surface area contributed by atoms with Gasteiger partial charge in [0, 0.05) is 59.4 Å². The number of carbonyl (C=O) groups is 6. The fraction of sp³-hybridized carbons (Fsp3) is 0.405. The number of benzene rings is 2. The fourth-order valence-corrected chi connectivity index (χ4v) is 6.06. The summed E-state index contributed by atoms with van der Waals surface area (Å²) < 4.78 is 0. The third kappa shape index (κ3) is 8.51. The Bertz CT molecular complexity index is 1560. The van der Waals surface area contributed by atoms with Crippen LogP contribution in [0.5, 0.6) is 11.5 Å². The lowest BCUT2D eigenvalue weighted by Gasteiger charge is -2.19. The van der Waals surface area contributed by atoms with Gasteiger partial charge in [0.1, 0.15) is 11.5 Å². The van der Waals surface area contributed by atoms with E-state index in [1.54, 1.807) is 13.8 Å². The van der Waals surface area contributed by atoms with Crippen molar-refractivity contribution in [1.29, 1.82) is 0 Å². The number of Topliss-reactive ketones (excluding diaryl/α,β-unsaturated/α-hetero) is 4. The Hall–Kier alpha value is -4.90. The predicted octanol–water partition coefficient (Wildman–Crippen LogP) is 4.52. The number of allylic oxidation sites excluding steroid dienone is 4. The van der Waals surface area contributed by atoms with Crippen molar-refractivity contribution in [2.75, 3.05) is 26.2 Å². The summed E-state index contributed by atoms with van der Waals surface area (Å²) in [6.45, 7) is 5.73. The van der Waals surface area contributed by atoms with Crippen LogP contribution in [0.1, 0.15) is 113 Å². The molecule has 4 rings (SSSR count). The van der Waals surface area contributed by atoms with E-state index < -0.39 is 0 Å². The standard InChI is InChI=1S/C37H43N3O8/c1-22-24(36(47)32-26(34(22)45)12-5-14-28(32)41)10-7-16-30(43)39-20-4-3-18-38-19-9-21-40-31(44)17-8-11-25-23(2)35(46)27-13-6-15-29(42)33(27)37(25)48/h5-6,12-15,38,41-42H,3-4,7-11,16-21H2,1-2H3,(H,39,43)(H,40,44). The molecule has 0 bridgehead atoms. The zero-order valence-electron chi connectivity index (χ0n) is 27.5. The third-order valence-corrected chi connectivity index (χ3v) is 8.78. The van der Waals surface area contributed by atoms with Gasteiger partial charge in [0.15, 0.2) is 23.1 Å². The van der Waals surface area contributed by atoms with Crippen molar-refractivity contribution in [1.82, 2.24) is 16.0 Å². The van der Waals surface area contributed by atoms with E-state index >= 15 is 0 Å². The van der Waals surface area contributed by atoms with Gasteiger partial charge in [-0.1, -0.05) is 24.3 Å². The number of rotatable bonds is 17. The van der Waals surface area contributed by atoms with E-state index in [4.69, 9.17) is 0 Å². The zero-order valence-corrected chi connectivity index (χ0v) is 27.5. The Balaban J connectivity index is 1.01. The van der Waals surface area contributed by atoms with Crippen molar-refractivity contribution < 1.29 is 39.0 Å². The molecule has 0 atom stereocenters. The average molecular weight is 658 g/mol. The normalized spacial score (nSPS) is 14.3. The first kappa shape index (κ1) is 35.9. The first-order valence-corrected chi connectivity index (χ1v) is 16.5. The number of hydrogen-bond acceptors (Lipinski definition) is 9. The maximum Gasteiger partial charge on any atom is 0.220 e. The van der Waals surface area contributed by atoms with Gasteiger partial charge in [-0.25, -0.2) is 0 Å². The molecule has 2 amide bonds. The SMILES string of the molecule is CC1=C(CCCC(=O)NCCCCNCCCNC(=O)CCCC2=C(C)C(=O)c3cccc(O)c3C2=O)C(=O)c2c(O)cccc2C1=O. The summed E-state index contributed by atoms with van der Waals surface area (Å²) >= 11 is 0. The number of unbranched alkanes of at least 4 members (excludes halogenated alkanes) is 1. The molecule has 11 nitrogen and oxygen atoms in total. The number of phenols is 2. The maximum absolute atomic E-state index is 12.9. The van der Waals surface area contributed by atoms with Crippen LogP contribution < -0.4 is 16.0 Å². The van der Waals surface area contributed by atoms with Gasteiger partial charge in [-0.3, -0.25) is 28.8 Å². The molecule has 0 aromatic heterocycles. The molecule has 254 valence electrons. The Morgan fingerprint density at radius 1 is 0.562 bits per heavy atom. The van der Waals surface area contributed by atoms with E-state index in [1.807, 2.05) is 0 Å². The van der Waals surface area contributed by atoms with Gasteiger partial charge in [-0.05, 0) is 84.0 Å². The summed E-state index contributed by atoms with van der Waals surface area (Å²) in [7, 11) is 0. The summed E-state index contributed by atoms with van der Waals surface area (Å²) in [5, 5.41) is 29.3. The Morgan fingerprint density at radius 2 is 0.979 bits per heavy atom. The second-order valence-electron chi connectivity index (χ2n) is 12.1. The molecule has 0 heterocycles. The quantitative estimate of drug-likeness (QED) is 0.153. The summed E-state index contributed by atoms with van der Waals surface area (Å²) in [6, 6.07) is 8.91. The summed E-state index contributed by atoms with van der Waals surface area (Å²) in [6.07, 6.45) is 4.22. The summed E-state index contributed by atoms with van der Waals surface area (Å²) in [5.41, 5.74) is 1.91. The van der Waals surface area contributed by atoms with Crippen molar-refractivity contribution in [3.05, 3.63) is 80.9 Å². The molecule has 2 aromatic rings. The number of aromatic hydroxyl groups is 2. The molecule has 5 N–H and O–H groups in total. The number of fused-ring (bicyclic) bond motifs is 2. The molecule has 0 saturated carbocycles. The average Bonchev–Trinajstić information content (AvgIpc) is 3.06. The third-order valence-electron chi connectivity index (χ3n) is 8.78. The fourth-order valence-electron chi connectivity index (χ4n) is 6.06. The highest BCUT2D eigenvalue weighted by Crippen LogP contribution is 2.35. The van der Waals surface area contributed by atoms with E-state index in [0.29, 0.717) is 48.2 Å². The topological polar surface area (TPSA) is 179 Å². The smallest absolute Gasteiger partial charge is 0.220 e. The number of carbonyl (C=O) groups excluding carboxylic acids is 6. The van der Waals surface area contributed by atoms with Gasteiger partial charge < -0.3 is 26.2 Å². The highest BCUT2D eigenvalue weighted by atomic mass is 16.3. The Kier molecular flexibility index (Phi) is 12.6. The molecule has 0 aliphatic heterocycles. The van der Waals surface area contributed by atoms with Crippen LogP contribution in [0.3, 0.4) is 0 Å². The monoisotopic (exact) mass is 657 g/mol. The number of ketones is 4. The van der Waals surface area contributed by atoms with E-state index in [9.17, 15) is 39.0 Å². The Labute approximate surface area is 279 Å². The first-order valence-electron chi connectivity index (χ1n) is 16.5. The van der Waals surface area contributed by atoms with Gasteiger partial charge in [-0.2, -0.15) is 0 Å². The lowest BCUT2D eigenvalue weighted by Crippen LogP contribution is -2.28. The van der Waals surface area contributed by atoms with Crippen LogP contribution in [0.4, 0.5) is 0 Å². The molecule has 0 fully saturated rings. The van der Waals surface area contributed by atoms with E-state index in [0.717, 1.165) is 32.4 Å². The number of hydrogen-bond donors (Lipinski definition) is 5. The first-order chi connectivity index (χ1) is 23.0. The minimum Gasteiger partial charge on any atom is -0.507 e. The lowest BCUT2D eigenvalue weighted by molar-refractivity contribution is -0.122. The molecular weight excluding hydrogens is 614 g/mol. The van der Waals surface area contributed by atoms with Crippen LogP contribution in [0.15, 0.2) is 58.7 Å². The molecule has 0 spiro atoms. The number of phenolic OH excluding ortho intramolecular Hbond substituents is 2. The predicted molar refractivity (Wildman–Crippen MR) is 179 cm³/mol. The van der Waals surface area contributed by atoms with Crippen LogP contribution in [0.2, 0.25) is 0 Å². The van der Waals surface area contributed by atoms with Crippen LogP contribution in [-0.4, -0.2) is 71.3 Å². The molecule has 0 unspecified atom stereocenters. The van der Waals surface area contributed by atoms with E-state index in [-0.39, 0.29) is 94.4 Å². The zero-order chi connectivity index (χ0) is 34.8. The van der Waals surface area contributed by atoms with E-state index in [1.165, 1.54) is 36.4 Å². The van der Waals surface area contributed by atoms with E-state index in [2.05, 4.69) is 16.0 Å². The van der Waals surface area contributed by atoms with Gasteiger partial charge in [-0.15, -0.1) is 0 Å². The van der Waals surface area contributed by atoms with Crippen molar-refractivity contribution in [2.24, 2.45) is 0 Å². The molecule has 2 aliphatic carbocycles. The van der Waals surface area contributed by atoms with Crippen LogP contribution in [0, 0.1) is 0 Å². The van der Waals surface area contributed by atoms with Crippen LogP contribution in [0.25, 0.3) is 0 Å². The molecule has 0 radical (unpaired) electrons. The van der Waals surface area contributed by atoms with Gasteiger partial charge in [0.25, 0.3) is 0 Å². The lowest BCUT2D eigenvalue weighted by atomic mass is 9.82. The van der Waals surface area contributed by atoms with Gasteiger partial charge >= 0.3 is 0 Å². The van der Waals surface area contributed by atoms with Crippen LogP contribution >= 0.6 is 0 Å². The van der Waals surface area contributed by atoms with Crippen molar-refractivity contribution >= 4 is 34.9 Å². The van der Waals surface area contributed by atoms with Crippen molar-refractivity contribution in [3.8, 4) is 11.5 Å². The number of nitrogens with one attached hydrogen (secondary N) is 3. The van der Waals surface area contributed by atoms with Gasteiger partial charge in [0.05, 0.1) is 11.1 Å². The van der Waals surface area contributed by atoms with Crippen molar-refractivity contribution in [3.63, 3.8) is 0 Å². The maximum atomic E-state index is 12.9. The van der Waals surface area contributed by atoms with Crippen LogP contribution in [-0.2, 0) is 9.59 Å². The molecule has 2 aromatic carbocycles. The second-order valence-corrected chi connectivity index (χ2v) is 12.1. The highest BCUT2D eigenvalue weighted by molar-refractivity contribution is 6.28. The summed E-state index contributed by atoms with van der Waals surface area (Å²) in [5.74, 6) is -1.94. The van der Waals surface area contributed by atoms with Crippen molar-refractivity contribution in [2.45, 2.75) is 71.6 Å². The summed E-state index contributed by atoms with van der Waals surface area (Å²) in [4.78, 5) is 75.6. The molecular formula is C37H43N3O8.